The Hall–Kier alpha value is -3.02. The lowest BCUT2D eigenvalue weighted by atomic mass is 9.87. The van der Waals surface area contributed by atoms with Crippen LogP contribution >= 0.6 is 0 Å². The summed E-state index contributed by atoms with van der Waals surface area (Å²) in [5.74, 6) is 0.121. The van der Waals surface area contributed by atoms with Crippen molar-refractivity contribution in [1.82, 2.24) is 0 Å². The number of rotatable bonds is 5. The van der Waals surface area contributed by atoms with E-state index in [1.54, 1.807) is 24.3 Å². The van der Waals surface area contributed by atoms with Gasteiger partial charge < -0.3 is 19.9 Å². The standard InChI is InChI=1S/C20H19NO5/c22-18(23)12-26-14-5-3-4-13(10-14)21-19(24)16-11-20(16)8-9-25-17-7-2-1-6-15(17)20/h1-7,10,16H,8-9,11-12H2,(H,21,24)(H,22,23)/t16-,20-/m0/s1. The molecule has 134 valence electrons. The van der Waals surface area contributed by atoms with E-state index in [0.717, 1.165) is 24.2 Å². The maximum Gasteiger partial charge on any atom is 0.341 e. The number of carbonyl (C=O) groups is 2. The molecule has 6 nitrogen and oxygen atoms in total. The number of hydrogen-bond donors (Lipinski definition) is 2. The second kappa shape index (κ2) is 6.37. The van der Waals surface area contributed by atoms with Crippen molar-refractivity contribution in [3.05, 3.63) is 54.1 Å². The van der Waals surface area contributed by atoms with Crippen LogP contribution in [0.2, 0.25) is 0 Å². The van der Waals surface area contributed by atoms with E-state index in [2.05, 4.69) is 5.32 Å². The van der Waals surface area contributed by atoms with Gasteiger partial charge in [0, 0.05) is 28.7 Å². The van der Waals surface area contributed by atoms with Crippen LogP contribution in [0.15, 0.2) is 48.5 Å². The largest absolute Gasteiger partial charge is 0.493 e. The van der Waals surface area contributed by atoms with Crippen LogP contribution in [0.5, 0.6) is 11.5 Å². The lowest BCUT2D eigenvalue weighted by molar-refractivity contribution is -0.139. The lowest BCUT2D eigenvalue weighted by Crippen LogP contribution is -2.26. The van der Waals surface area contributed by atoms with E-state index in [4.69, 9.17) is 14.6 Å². The second-order valence-electron chi connectivity index (χ2n) is 6.71. The number of para-hydroxylation sites is 1. The number of carboxylic acids is 1. The first-order valence-electron chi connectivity index (χ1n) is 8.56. The summed E-state index contributed by atoms with van der Waals surface area (Å²) in [4.78, 5) is 23.3. The third-order valence-electron chi connectivity index (χ3n) is 5.08. The summed E-state index contributed by atoms with van der Waals surface area (Å²) in [5.41, 5.74) is 1.58. The molecule has 0 radical (unpaired) electrons. The predicted molar refractivity (Wildman–Crippen MR) is 94.5 cm³/mol. The Labute approximate surface area is 150 Å². The van der Waals surface area contributed by atoms with Crippen LogP contribution in [0.1, 0.15) is 18.4 Å². The summed E-state index contributed by atoms with van der Waals surface area (Å²) >= 11 is 0. The van der Waals surface area contributed by atoms with Gasteiger partial charge in [-0.3, -0.25) is 4.79 Å². The number of nitrogens with one attached hydrogen (secondary N) is 1. The fourth-order valence-corrected chi connectivity index (χ4v) is 3.74. The quantitative estimate of drug-likeness (QED) is 0.863. The molecule has 4 rings (SSSR count). The Balaban J connectivity index is 1.46. The monoisotopic (exact) mass is 353 g/mol. The van der Waals surface area contributed by atoms with Crippen LogP contribution in [0.3, 0.4) is 0 Å². The number of aliphatic carboxylic acids is 1. The van der Waals surface area contributed by atoms with Gasteiger partial charge in [-0.2, -0.15) is 0 Å². The van der Waals surface area contributed by atoms with Crippen molar-refractivity contribution in [2.45, 2.75) is 18.3 Å². The van der Waals surface area contributed by atoms with Crippen LogP contribution in [-0.4, -0.2) is 30.2 Å². The molecule has 1 spiro atoms. The first-order chi connectivity index (χ1) is 12.6. The molecule has 0 bridgehead atoms. The van der Waals surface area contributed by atoms with Crippen molar-refractivity contribution in [3.63, 3.8) is 0 Å². The first-order valence-corrected chi connectivity index (χ1v) is 8.56. The van der Waals surface area contributed by atoms with Crippen LogP contribution in [0, 0.1) is 5.92 Å². The van der Waals surface area contributed by atoms with Crippen molar-refractivity contribution >= 4 is 17.6 Å². The van der Waals surface area contributed by atoms with Crippen LogP contribution in [0.25, 0.3) is 0 Å². The minimum atomic E-state index is -1.04. The molecular formula is C20H19NO5. The van der Waals surface area contributed by atoms with Crippen molar-refractivity contribution in [3.8, 4) is 11.5 Å². The Bertz CT molecular complexity index is 865. The first kappa shape index (κ1) is 16.4. The Kier molecular flexibility index (Phi) is 4.03. The van der Waals surface area contributed by atoms with Crippen LogP contribution < -0.4 is 14.8 Å². The van der Waals surface area contributed by atoms with Crippen molar-refractivity contribution in [2.24, 2.45) is 5.92 Å². The van der Waals surface area contributed by atoms with Gasteiger partial charge in [0.15, 0.2) is 6.61 Å². The number of fused-ring (bicyclic) bond motifs is 2. The second-order valence-corrected chi connectivity index (χ2v) is 6.71. The maximum atomic E-state index is 12.7. The Morgan fingerprint density at radius 2 is 2.08 bits per heavy atom. The minimum absolute atomic E-state index is 0.0305. The van der Waals surface area contributed by atoms with E-state index in [1.807, 2.05) is 24.3 Å². The molecule has 0 aromatic heterocycles. The van der Waals surface area contributed by atoms with Gasteiger partial charge in [0.05, 0.1) is 6.61 Å². The Morgan fingerprint density at radius 1 is 1.23 bits per heavy atom. The zero-order valence-electron chi connectivity index (χ0n) is 14.1. The zero-order valence-corrected chi connectivity index (χ0v) is 14.1. The summed E-state index contributed by atoms with van der Waals surface area (Å²) in [6.07, 6.45) is 1.65. The summed E-state index contributed by atoms with van der Waals surface area (Å²) in [7, 11) is 0. The van der Waals surface area contributed by atoms with Gasteiger partial charge in [0.1, 0.15) is 11.5 Å². The van der Waals surface area contributed by atoms with Crippen LogP contribution in [-0.2, 0) is 15.0 Å². The number of anilines is 1. The average molecular weight is 353 g/mol. The molecule has 2 aromatic rings. The molecule has 2 atom stereocenters. The molecule has 26 heavy (non-hydrogen) atoms. The van der Waals surface area contributed by atoms with E-state index in [1.165, 1.54) is 0 Å². The van der Waals surface area contributed by atoms with Crippen molar-refractivity contribution < 1.29 is 24.2 Å². The summed E-state index contributed by atoms with van der Waals surface area (Å²) < 4.78 is 10.9. The highest BCUT2D eigenvalue weighted by Gasteiger charge is 2.60. The third-order valence-corrected chi connectivity index (χ3v) is 5.08. The molecule has 1 saturated carbocycles. The highest BCUT2D eigenvalue weighted by molar-refractivity contribution is 5.96. The molecule has 6 heteroatoms. The molecule has 1 aliphatic carbocycles. The normalized spacial score (nSPS) is 22.8. The van der Waals surface area contributed by atoms with E-state index in [0.29, 0.717) is 18.0 Å². The van der Waals surface area contributed by atoms with E-state index in [-0.39, 0.29) is 17.2 Å². The molecule has 2 N–H and O–H groups in total. The SMILES string of the molecule is O=C(O)COc1cccc(NC(=O)[C@@H]2C[C@]23CCOc2ccccc23)c1. The van der Waals surface area contributed by atoms with Gasteiger partial charge >= 0.3 is 5.97 Å². The number of hydrogen-bond acceptors (Lipinski definition) is 4. The molecule has 1 heterocycles. The molecule has 2 aromatic carbocycles. The summed E-state index contributed by atoms with van der Waals surface area (Å²) in [6.45, 7) is 0.208. The number of benzene rings is 2. The topological polar surface area (TPSA) is 84.9 Å². The highest BCUT2D eigenvalue weighted by atomic mass is 16.5. The number of amides is 1. The zero-order chi connectivity index (χ0) is 18.1. The Morgan fingerprint density at radius 3 is 2.92 bits per heavy atom. The summed E-state index contributed by atoms with van der Waals surface area (Å²) in [5, 5.41) is 11.6. The fourth-order valence-electron chi connectivity index (χ4n) is 3.74. The number of carbonyl (C=O) groups excluding carboxylic acids is 1. The molecule has 2 aliphatic rings. The van der Waals surface area contributed by atoms with Gasteiger partial charge in [-0.15, -0.1) is 0 Å². The molecular weight excluding hydrogens is 334 g/mol. The molecule has 1 aliphatic heterocycles. The van der Waals surface area contributed by atoms with Crippen LogP contribution in [0.4, 0.5) is 5.69 Å². The van der Waals surface area contributed by atoms with Gasteiger partial charge in [-0.25, -0.2) is 4.79 Å². The highest BCUT2D eigenvalue weighted by Crippen LogP contribution is 2.60. The van der Waals surface area contributed by atoms with E-state index in [9.17, 15) is 9.59 Å². The van der Waals surface area contributed by atoms with E-state index >= 15 is 0 Å². The van der Waals surface area contributed by atoms with Crippen molar-refractivity contribution in [1.29, 1.82) is 0 Å². The number of ether oxygens (including phenoxy) is 2. The molecule has 0 saturated heterocycles. The number of carboxylic acid groups (broad SMARTS) is 1. The molecule has 1 amide bonds. The van der Waals surface area contributed by atoms with Gasteiger partial charge in [0.2, 0.25) is 5.91 Å². The van der Waals surface area contributed by atoms with Gasteiger partial charge in [-0.1, -0.05) is 24.3 Å². The van der Waals surface area contributed by atoms with Gasteiger partial charge in [-0.05, 0) is 31.0 Å². The van der Waals surface area contributed by atoms with Crippen molar-refractivity contribution in [2.75, 3.05) is 18.5 Å². The molecule has 0 unspecified atom stereocenters. The van der Waals surface area contributed by atoms with E-state index < -0.39 is 12.6 Å². The fraction of sp³-hybridized carbons (Fsp3) is 0.300. The van der Waals surface area contributed by atoms with Gasteiger partial charge in [0.25, 0.3) is 0 Å². The maximum absolute atomic E-state index is 12.7. The molecule has 1 fully saturated rings. The minimum Gasteiger partial charge on any atom is -0.493 e. The third kappa shape index (κ3) is 2.98. The average Bonchev–Trinajstić information content (AvgIpc) is 3.36. The lowest BCUT2D eigenvalue weighted by Gasteiger charge is -2.26. The summed E-state index contributed by atoms with van der Waals surface area (Å²) in [6, 6.07) is 14.7. The smallest absolute Gasteiger partial charge is 0.341 e. The predicted octanol–water partition coefficient (Wildman–Crippen LogP) is 2.83.